The molecule has 4 nitrogen and oxygen atoms in total. The van der Waals surface area contributed by atoms with Crippen molar-refractivity contribution in [3.63, 3.8) is 0 Å². The third kappa shape index (κ3) is 5.37. The first-order valence-electron chi connectivity index (χ1n) is 10.3. The van der Waals surface area contributed by atoms with Crippen LogP contribution in [0.25, 0.3) is 46.4 Å². The molecule has 5 heterocycles. The first kappa shape index (κ1) is 20.4. The Labute approximate surface area is 184 Å². The minimum absolute atomic E-state index is 0.939. The van der Waals surface area contributed by atoms with Crippen LogP contribution >= 0.6 is 0 Å². The predicted molar refractivity (Wildman–Crippen MR) is 123 cm³/mol. The van der Waals surface area contributed by atoms with Crippen molar-refractivity contribution in [1.82, 2.24) is 19.9 Å². The van der Waals surface area contributed by atoms with Crippen molar-refractivity contribution in [1.29, 1.82) is 0 Å². The van der Waals surface area contributed by atoms with Gasteiger partial charge >= 0.3 is 47.3 Å². The van der Waals surface area contributed by atoms with Crippen molar-refractivity contribution in [2.75, 3.05) is 0 Å². The molecule has 0 atom stereocenters. The van der Waals surface area contributed by atoms with Crippen LogP contribution in [0.5, 0.6) is 0 Å². The van der Waals surface area contributed by atoms with E-state index in [-0.39, 0.29) is 0 Å². The van der Waals surface area contributed by atoms with Crippen LogP contribution in [0.4, 0.5) is 0 Å². The molecule has 8 bridgehead atoms. The van der Waals surface area contributed by atoms with Crippen LogP contribution in [0.15, 0.2) is 48.5 Å². The number of aromatic nitrogens is 4. The molecular weight excluding hydrogens is 415 g/mol. The zero-order valence-corrected chi connectivity index (χ0v) is 18.0. The second-order valence-corrected chi connectivity index (χ2v) is 7.80. The predicted octanol–water partition coefficient (Wildman–Crippen LogP) is 6.80. The molecule has 0 aliphatic carbocycles. The quantitative estimate of drug-likeness (QED) is 0.303. The number of nitrogens with zero attached hydrogens (tertiary/aromatic N) is 2. The number of H-pyrrole nitrogens is 2. The van der Waals surface area contributed by atoms with Crippen LogP contribution in [-0.4, -0.2) is 19.9 Å². The van der Waals surface area contributed by atoms with Gasteiger partial charge in [0.2, 0.25) is 0 Å². The normalized spacial score (nSPS) is 12.0. The molecule has 0 fully saturated rings. The molecule has 30 heavy (non-hydrogen) atoms. The number of hydrogen-bond acceptors (Lipinski definition) is 2. The van der Waals surface area contributed by atoms with E-state index in [1.54, 1.807) is 0 Å². The van der Waals surface area contributed by atoms with Gasteiger partial charge in [0, 0.05) is 22.1 Å². The van der Waals surface area contributed by atoms with Gasteiger partial charge in [0.05, 0.1) is 22.8 Å². The molecule has 3 aromatic rings. The summed E-state index contributed by atoms with van der Waals surface area (Å²) in [5, 5.41) is 1.04. The Bertz CT molecular complexity index is 1050. The molecule has 0 unspecified atom stereocenters. The molecule has 5 heteroatoms. The topological polar surface area (TPSA) is 57.4 Å². The van der Waals surface area contributed by atoms with E-state index < -0.39 is 0 Å². The molecule has 2 N–H and O–H groups in total. The van der Waals surface area contributed by atoms with Crippen LogP contribution in [-0.2, 0) is 15.7 Å². The summed E-state index contributed by atoms with van der Waals surface area (Å²) in [5.74, 6) is 0. The number of unbranched alkanes of at least 4 members (excludes halogenated alkanes) is 2. The number of hydrogen-bond donors (Lipinski definition) is 2. The van der Waals surface area contributed by atoms with Gasteiger partial charge in [-0.1, -0.05) is 0 Å². The van der Waals surface area contributed by atoms with Crippen molar-refractivity contribution >= 4 is 46.4 Å². The van der Waals surface area contributed by atoms with Gasteiger partial charge in [0.25, 0.3) is 0 Å². The average Bonchev–Trinajstić information content (AvgIpc) is 3.52. The molecular formula is C25H25CoN4. The number of aromatic amines is 2. The van der Waals surface area contributed by atoms with Gasteiger partial charge < -0.3 is 9.97 Å². The SMILES string of the molecule is C1=Cc2cc3ccc(cc4nc(cc5ccc(cc1n2)[nH]5)C=C4)[nH]3.CCCC[CH2][Co]. The van der Waals surface area contributed by atoms with Gasteiger partial charge in [-0.3, -0.25) is 0 Å². The van der Waals surface area contributed by atoms with Crippen molar-refractivity contribution in [3.8, 4) is 0 Å². The summed E-state index contributed by atoms with van der Waals surface area (Å²) in [7, 11) is 0. The summed E-state index contributed by atoms with van der Waals surface area (Å²) in [6, 6.07) is 16.4. The Morgan fingerprint density at radius 1 is 0.633 bits per heavy atom. The zero-order chi connectivity index (χ0) is 20.8. The van der Waals surface area contributed by atoms with Crippen molar-refractivity contribution < 1.29 is 15.7 Å². The molecule has 0 saturated heterocycles. The Morgan fingerprint density at radius 2 is 1.00 bits per heavy atom. The third-order valence-corrected chi connectivity index (χ3v) is 5.13. The summed E-state index contributed by atoms with van der Waals surface area (Å²) >= 11 is 4.10. The van der Waals surface area contributed by atoms with Crippen molar-refractivity contribution in [3.05, 3.63) is 71.3 Å². The van der Waals surface area contributed by atoms with Gasteiger partial charge in [-0.15, -0.1) is 0 Å². The van der Waals surface area contributed by atoms with E-state index >= 15 is 0 Å². The molecule has 2 aliphatic heterocycles. The fraction of sp³-hybridized carbons (Fsp3) is 0.200. The molecule has 0 radical (unpaired) electrons. The van der Waals surface area contributed by atoms with E-state index in [2.05, 4.69) is 66.9 Å². The fourth-order valence-electron chi connectivity index (χ4n) is 3.28. The van der Waals surface area contributed by atoms with Gasteiger partial charge in [-0.25, -0.2) is 9.97 Å². The Hall–Kier alpha value is -2.89. The monoisotopic (exact) mass is 440 g/mol. The van der Waals surface area contributed by atoms with Gasteiger partial charge in [-0.05, 0) is 72.8 Å². The number of fused-ring (bicyclic) bond motifs is 8. The van der Waals surface area contributed by atoms with E-state index in [1.165, 1.54) is 19.3 Å². The molecule has 154 valence electrons. The van der Waals surface area contributed by atoms with E-state index in [0.29, 0.717) is 0 Å². The van der Waals surface area contributed by atoms with E-state index in [1.807, 2.05) is 48.6 Å². The second kappa shape index (κ2) is 9.74. The number of nitrogens with one attached hydrogen (secondary N) is 2. The molecule has 0 aromatic carbocycles. The second-order valence-electron chi connectivity index (χ2n) is 7.28. The maximum absolute atomic E-state index is 4.63. The van der Waals surface area contributed by atoms with Crippen molar-refractivity contribution in [2.24, 2.45) is 0 Å². The fourth-order valence-corrected chi connectivity index (χ4v) is 3.54. The van der Waals surface area contributed by atoms with E-state index in [9.17, 15) is 0 Å². The molecule has 2 aliphatic rings. The Balaban J connectivity index is 0.000000322. The Kier molecular flexibility index (Phi) is 6.62. The summed E-state index contributed by atoms with van der Waals surface area (Å²) in [6.07, 6.45) is 12.0. The van der Waals surface area contributed by atoms with E-state index in [0.717, 1.165) is 50.2 Å². The molecule has 5 rings (SSSR count). The van der Waals surface area contributed by atoms with Crippen LogP contribution in [0.2, 0.25) is 5.36 Å². The zero-order valence-electron chi connectivity index (χ0n) is 17.0. The molecule has 3 aromatic heterocycles. The maximum atomic E-state index is 4.63. The van der Waals surface area contributed by atoms with Crippen molar-refractivity contribution in [2.45, 2.75) is 31.5 Å². The summed E-state index contributed by atoms with van der Waals surface area (Å²) in [5.41, 5.74) is 7.86. The molecule has 0 spiro atoms. The van der Waals surface area contributed by atoms with Crippen LogP contribution in [0, 0.1) is 0 Å². The molecule has 0 saturated carbocycles. The Morgan fingerprint density at radius 3 is 1.27 bits per heavy atom. The van der Waals surface area contributed by atoms with Crippen LogP contribution in [0.3, 0.4) is 0 Å². The number of rotatable bonds is 3. The summed E-state index contributed by atoms with van der Waals surface area (Å²) in [6.45, 7) is 2.20. The van der Waals surface area contributed by atoms with Gasteiger partial charge in [-0.2, -0.15) is 0 Å². The standard InChI is InChI=1S/C20H14N4.C5H11.Co/c1-2-14-10-16-5-6-18(23-16)12-20-8-7-19(24-20)11-17-4-3-15(22-17)9-13(1)21-14;1-3-5-4-2;/h1-12,21,24H;1,3-5H2,2H3;. The van der Waals surface area contributed by atoms with Crippen LogP contribution < -0.4 is 0 Å². The van der Waals surface area contributed by atoms with Crippen LogP contribution in [0.1, 0.15) is 49.0 Å². The van der Waals surface area contributed by atoms with E-state index in [4.69, 9.17) is 0 Å². The average molecular weight is 440 g/mol. The third-order valence-electron chi connectivity index (χ3n) is 4.76. The van der Waals surface area contributed by atoms with Gasteiger partial charge in [0.15, 0.2) is 0 Å². The minimum atomic E-state index is 0.939. The summed E-state index contributed by atoms with van der Waals surface area (Å²) < 4.78 is 0. The molecule has 0 amide bonds. The first-order chi connectivity index (χ1) is 14.7. The summed E-state index contributed by atoms with van der Waals surface area (Å²) in [4.78, 5) is 16.0. The van der Waals surface area contributed by atoms with Gasteiger partial charge in [0.1, 0.15) is 0 Å². The first-order valence-corrected chi connectivity index (χ1v) is 11.0.